The number of amides is 1. The predicted molar refractivity (Wildman–Crippen MR) is 59.7 cm³/mol. The summed E-state index contributed by atoms with van der Waals surface area (Å²) in [5, 5.41) is 5.28. The quantitative estimate of drug-likeness (QED) is 0.750. The number of aryl methyl sites for hydroxylation is 1. The van der Waals surface area contributed by atoms with Crippen molar-refractivity contribution in [3.63, 3.8) is 0 Å². The van der Waals surface area contributed by atoms with Crippen LogP contribution in [0.2, 0.25) is 0 Å². The molecule has 0 heterocycles. The van der Waals surface area contributed by atoms with Gasteiger partial charge in [-0.05, 0) is 24.1 Å². The lowest BCUT2D eigenvalue weighted by Gasteiger charge is -2.10. The van der Waals surface area contributed by atoms with E-state index in [1.54, 1.807) is 12.1 Å². The van der Waals surface area contributed by atoms with Crippen LogP contribution in [-0.2, 0) is 11.2 Å². The molecular formula is C11H15FN2O. The molecule has 0 aliphatic heterocycles. The van der Waals surface area contributed by atoms with Gasteiger partial charge in [0.15, 0.2) is 6.80 Å². The first-order valence-corrected chi connectivity index (χ1v) is 4.87. The van der Waals surface area contributed by atoms with Crippen molar-refractivity contribution in [2.75, 3.05) is 17.4 Å². The standard InChI is InChI=1S/C11H15FN2O/c1-3-9-4-5-10(13-7-12)6-11(9)14-8(2)15/h4-6,13H,3,7H2,1-2H3,(H,14,15). The van der Waals surface area contributed by atoms with Gasteiger partial charge in [-0.3, -0.25) is 4.79 Å². The molecule has 0 bridgehead atoms. The summed E-state index contributed by atoms with van der Waals surface area (Å²) in [6, 6.07) is 5.41. The summed E-state index contributed by atoms with van der Waals surface area (Å²) in [5.41, 5.74) is 2.44. The van der Waals surface area contributed by atoms with Gasteiger partial charge in [0.1, 0.15) is 0 Å². The summed E-state index contributed by atoms with van der Waals surface area (Å²) in [5.74, 6) is -0.123. The number of anilines is 2. The third kappa shape index (κ3) is 3.23. The Bertz CT molecular complexity index is 352. The molecule has 0 fully saturated rings. The van der Waals surface area contributed by atoms with Crippen LogP contribution in [0.15, 0.2) is 18.2 Å². The fourth-order valence-corrected chi connectivity index (χ4v) is 1.38. The molecular weight excluding hydrogens is 195 g/mol. The molecule has 0 atom stereocenters. The fraction of sp³-hybridized carbons (Fsp3) is 0.364. The highest BCUT2D eigenvalue weighted by Crippen LogP contribution is 2.21. The number of benzene rings is 1. The maximum atomic E-state index is 12.1. The van der Waals surface area contributed by atoms with Crippen molar-refractivity contribution in [1.29, 1.82) is 0 Å². The highest BCUT2D eigenvalue weighted by Gasteiger charge is 2.03. The first-order chi connectivity index (χ1) is 7.17. The van der Waals surface area contributed by atoms with Gasteiger partial charge < -0.3 is 10.6 Å². The summed E-state index contributed by atoms with van der Waals surface area (Å²) < 4.78 is 12.1. The Balaban J connectivity index is 2.96. The maximum absolute atomic E-state index is 12.1. The van der Waals surface area contributed by atoms with Crippen LogP contribution in [0.1, 0.15) is 19.4 Å². The van der Waals surface area contributed by atoms with Gasteiger partial charge in [0, 0.05) is 18.3 Å². The monoisotopic (exact) mass is 210 g/mol. The molecule has 0 spiro atoms. The molecule has 1 rings (SSSR count). The normalized spacial score (nSPS) is 9.80. The second-order valence-electron chi connectivity index (χ2n) is 3.22. The molecule has 3 nitrogen and oxygen atoms in total. The van der Waals surface area contributed by atoms with E-state index >= 15 is 0 Å². The van der Waals surface area contributed by atoms with Gasteiger partial charge in [0.2, 0.25) is 5.91 Å². The largest absolute Gasteiger partial charge is 0.358 e. The molecule has 1 aromatic carbocycles. The lowest BCUT2D eigenvalue weighted by Crippen LogP contribution is -2.08. The van der Waals surface area contributed by atoms with Gasteiger partial charge in [-0.25, -0.2) is 4.39 Å². The molecule has 15 heavy (non-hydrogen) atoms. The summed E-state index contributed by atoms with van der Waals surface area (Å²) in [4.78, 5) is 10.9. The average Bonchev–Trinajstić information content (AvgIpc) is 2.18. The second kappa shape index (κ2) is 5.34. The molecule has 82 valence electrons. The van der Waals surface area contributed by atoms with E-state index in [0.717, 1.165) is 17.7 Å². The number of nitrogens with one attached hydrogen (secondary N) is 2. The van der Waals surface area contributed by atoms with Gasteiger partial charge in [-0.1, -0.05) is 13.0 Å². The Hall–Kier alpha value is -1.58. The third-order valence-electron chi connectivity index (χ3n) is 2.07. The van der Waals surface area contributed by atoms with E-state index in [4.69, 9.17) is 0 Å². The molecule has 4 heteroatoms. The highest BCUT2D eigenvalue weighted by atomic mass is 19.1. The van der Waals surface area contributed by atoms with Crippen LogP contribution in [0.4, 0.5) is 15.8 Å². The average molecular weight is 210 g/mol. The first kappa shape index (κ1) is 11.5. The lowest BCUT2D eigenvalue weighted by molar-refractivity contribution is -0.114. The summed E-state index contributed by atoms with van der Waals surface area (Å²) in [6.45, 7) is 2.84. The molecule has 0 aromatic heterocycles. The van der Waals surface area contributed by atoms with E-state index in [1.165, 1.54) is 6.92 Å². The Kier molecular flexibility index (Phi) is 4.09. The number of hydrogen-bond acceptors (Lipinski definition) is 2. The molecule has 1 amide bonds. The fourth-order valence-electron chi connectivity index (χ4n) is 1.38. The van der Waals surface area contributed by atoms with Crippen LogP contribution >= 0.6 is 0 Å². The smallest absolute Gasteiger partial charge is 0.221 e. The van der Waals surface area contributed by atoms with Crippen LogP contribution in [0.25, 0.3) is 0 Å². The molecule has 1 aromatic rings. The number of rotatable bonds is 4. The van der Waals surface area contributed by atoms with Crippen molar-refractivity contribution in [1.82, 2.24) is 0 Å². The van der Waals surface area contributed by atoms with Gasteiger partial charge in [0.25, 0.3) is 0 Å². The van der Waals surface area contributed by atoms with E-state index in [1.807, 2.05) is 13.0 Å². The zero-order chi connectivity index (χ0) is 11.3. The van der Waals surface area contributed by atoms with Crippen molar-refractivity contribution in [3.8, 4) is 0 Å². The Morgan fingerprint density at radius 2 is 2.20 bits per heavy atom. The minimum atomic E-state index is -0.620. The van der Waals surface area contributed by atoms with E-state index in [2.05, 4.69) is 10.6 Å². The van der Waals surface area contributed by atoms with Crippen molar-refractivity contribution >= 4 is 17.3 Å². The maximum Gasteiger partial charge on any atom is 0.221 e. The zero-order valence-electron chi connectivity index (χ0n) is 8.93. The van der Waals surface area contributed by atoms with E-state index in [9.17, 15) is 9.18 Å². The molecule has 0 aliphatic rings. The number of halogens is 1. The van der Waals surface area contributed by atoms with Gasteiger partial charge in [-0.2, -0.15) is 0 Å². The predicted octanol–water partition coefficient (Wildman–Crippen LogP) is 2.55. The summed E-state index contributed by atoms with van der Waals surface area (Å²) in [7, 11) is 0. The van der Waals surface area contributed by atoms with Crippen molar-refractivity contribution in [3.05, 3.63) is 23.8 Å². The lowest BCUT2D eigenvalue weighted by atomic mass is 10.1. The first-order valence-electron chi connectivity index (χ1n) is 4.87. The zero-order valence-corrected chi connectivity index (χ0v) is 8.93. The third-order valence-corrected chi connectivity index (χ3v) is 2.07. The molecule has 0 aliphatic carbocycles. The van der Waals surface area contributed by atoms with Crippen molar-refractivity contribution in [2.45, 2.75) is 20.3 Å². The minimum Gasteiger partial charge on any atom is -0.358 e. The Morgan fingerprint density at radius 3 is 2.73 bits per heavy atom. The van der Waals surface area contributed by atoms with Crippen LogP contribution in [0.5, 0.6) is 0 Å². The Morgan fingerprint density at radius 1 is 1.47 bits per heavy atom. The topological polar surface area (TPSA) is 41.1 Å². The van der Waals surface area contributed by atoms with Gasteiger partial charge >= 0.3 is 0 Å². The van der Waals surface area contributed by atoms with E-state index in [-0.39, 0.29) is 5.91 Å². The van der Waals surface area contributed by atoms with Crippen LogP contribution in [0.3, 0.4) is 0 Å². The van der Waals surface area contributed by atoms with Crippen LogP contribution < -0.4 is 10.6 Å². The van der Waals surface area contributed by atoms with Crippen LogP contribution in [0, 0.1) is 0 Å². The number of hydrogen-bond donors (Lipinski definition) is 2. The van der Waals surface area contributed by atoms with Gasteiger partial charge in [0.05, 0.1) is 0 Å². The molecule has 0 radical (unpaired) electrons. The Labute approximate surface area is 88.7 Å². The molecule has 0 saturated heterocycles. The van der Waals surface area contributed by atoms with E-state index in [0.29, 0.717) is 5.69 Å². The van der Waals surface area contributed by atoms with Crippen LogP contribution in [-0.4, -0.2) is 12.7 Å². The highest BCUT2D eigenvalue weighted by molar-refractivity contribution is 5.90. The van der Waals surface area contributed by atoms with E-state index < -0.39 is 6.80 Å². The number of carbonyl (C=O) groups excluding carboxylic acids is 1. The summed E-state index contributed by atoms with van der Waals surface area (Å²) in [6.07, 6.45) is 0.825. The number of carbonyl (C=O) groups is 1. The second-order valence-corrected chi connectivity index (χ2v) is 3.22. The van der Waals surface area contributed by atoms with Gasteiger partial charge in [-0.15, -0.1) is 0 Å². The SMILES string of the molecule is CCc1ccc(NCF)cc1NC(C)=O. The summed E-state index contributed by atoms with van der Waals surface area (Å²) >= 11 is 0. The molecule has 0 saturated carbocycles. The van der Waals surface area contributed by atoms with Crippen molar-refractivity contribution in [2.24, 2.45) is 0 Å². The number of alkyl halides is 1. The molecule has 0 unspecified atom stereocenters. The molecule has 2 N–H and O–H groups in total. The van der Waals surface area contributed by atoms with Crippen molar-refractivity contribution < 1.29 is 9.18 Å². The minimum absolute atomic E-state index is 0.123.